The molecule has 6 nitrogen and oxygen atoms in total. The van der Waals surface area contributed by atoms with Crippen LogP contribution < -0.4 is 14.8 Å². The number of ether oxygens (including phenoxy) is 2. The van der Waals surface area contributed by atoms with Crippen molar-refractivity contribution in [1.29, 1.82) is 5.26 Å². The van der Waals surface area contributed by atoms with Crippen molar-refractivity contribution in [2.75, 3.05) is 6.61 Å². The summed E-state index contributed by atoms with van der Waals surface area (Å²) >= 11 is 1.05. The van der Waals surface area contributed by atoms with Crippen molar-refractivity contribution < 1.29 is 14.3 Å². The highest BCUT2D eigenvalue weighted by atomic mass is 32.1. The van der Waals surface area contributed by atoms with Crippen LogP contribution in [-0.4, -0.2) is 23.2 Å². The van der Waals surface area contributed by atoms with E-state index in [1.54, 1.807) is 27.7 Å². The Morgan fingerprint density at radius 2 is 2.14 bits per heavy atom. The number of aromatic nitrogens is 1. The number of carbonyl (C=O) groups excluding carboxylic acids is 1. The zero-order chi connectivity index (χ0) is 16.0. The third-order valence-electron chi connectivity index (χ3n) is 2.45. The smallest absolute Gasteiger partial charge is 0.352 e. The summed E-state index contributed by atoms with van der Waals surface area (Å²) in [6, 6.07) is 1.83. The van der Waals surface area contributed by atoms with Crippen LogP contribution in [-0.2, 0) is 20.8 Å². The van der Waals surface area contributed by atoms with Crippen LogP contribution in [0.2, 0.25) is 0 Å². The summed E-state index contributed by atoms with van der Waals surface area (Å²) in [5.41, 5.74) is -0.445. The van der Waals surface area contributed by atoms with Crippen molar-refractivity contribution >= 4 is 29.1 Å². The summed E-state index contributed by atoms with van der Waals surface area (Å²) in [5.74, 6) is -0.723. The molecule has 7 heteroatoms. The summed E-state index contributed by atoms with van der Waals surface area (Å²) < 4.78 is 12.2. The average molecular weight is 310 g/mol. The minimum absolute atomic E-state index is 0.163. The molecule has 0 atom stereocenters. The standard InChI is InChI=1S/C14H18N2O4S/c1-5-16-12(17)11(8-19-6-2)21-13(16)10(7-15)14(18)20-9(3)4/h8-9H,5-6H2,1-4H3. The first-order chi connectivity index (χ1) is 9.96. The van der Waals surface area contributed by atoms with Gasteiger partial charge in [0.25, 0.3) is 5.56 Å². The molecule has 0 fully saturated rings. The van der Waals surface area contributed by atoms with Gasteiger partial charge in [-0.25, -0.2) is 4.79 Å². The molecule has 0 unspecified atom stereocenters. The first kappa shape index (κ1) is 17.0. The monoisotopic (exact) mass is 310 g/mol. The Labute approximate surface area is 126 Å². The maximum absolute atomic E-state index is 12.2. The van der Waals surface area contributed by atoms with Crippen LogP contribution in [0, 0.1) is 11.3 Å². The van der Waals surface area contributed by atoms with E-state index in [9.17, 15) is 14.9 Å². The van der Waals surface area contributed by atoms with E-state index in [4.69, 9.17) is 9.47 Å². The van der Waals surface area contributed by atoms with Crippen LogP contribution >= 0.6 is 11.3 Å². The molecule has 114 valence electrons. The number of nitrogens with zero attached hydrogens (tertiary/aromatic N) is 2. The summed E-state index contributed by atoms with van der Waals surface area (Å²) in [7, 11) is 0. The van der Waals surface area contributed by atoms with Gasteiger partial charge in [0.05, 0.1) is 12.7 Å². The van der Waals surface area contributed by atoms with Crippen molar-refractivity contribution in [3.05, 3.63) is 19.5 Å². The number of carbonyl (C=O) groups is 1. The molecule has 1 rings (SSSR count). The Bertz CT molecular complexity index is 722. The van der Waals surface area contributed by atoms with Gasteiger partial charge in [-0.05, 0) is 27.7 Å². The molecular weight excluding hydrogens is 292 g/mol. The van der Waals surface area contributed by atoms with E-state index in [1.165, 1.54) is 10.8 Å². The lowest BCUT2D eigenvalue weighted by Crippen LogP contribution is -2.32. The number of hydrogen-bond donors (Lipinski definition) is 0. The van der Waals surface area contributed by atoms with Gasteiger partial charge in [-0.3, -0.25) is 9.36 Å². The highest BCUT2D eigenvalue weighted by Crippen LogP contribution is 2.00. The van der Waals surface area contributed by atoms with Crippen LogP contribution in [0.4, 0.5) is 0 Å². The van der Waals surface area contributed by atoms with E-state index in [1.807, 2.05) is 6.07 Å². The molecule has 0 aromatic carbocycles. The number of thiazole rings is 1. The second-order valence-corrected chi connectivity index (χ2v) is 5.37. The molecule has 0 N–H and O–H groups in total. The molecule has 1 aromatic rings. The Balaban J connectivity index is 3.59. The van der Waals surface area contributed by atoms with Crippen LogP contribution in [0.25, 0.3) is 11.8 Å². The molecule has 1 heterocycles. The minimum Gasteiger partial charge on any atom is -0.500 e. The Kier molecular flexibility index (Phi) is 6.18. The first-order valence-electron chi connectivity index (χ1n) is 6.63. The lowest BCUT2D eigenvalue weighted by Gasteiger charge is -2.06. The van der Waals surface area contributed by atoms with Crippen LogP contribution in [0.1, 0.15) is 27.7 Å². The molecular formula is C14H18N2O4S. The normalized spacial score (nSPS) is 13.0. The summed E-state index contributed by atoms with van der Waals surface area (Å²) in [5, 5.41) is 9.22. The van der Waals surface area contributed by atoms with Gasteiger partial charge in [-0.2, -0.15) is 5.26 Å². The molecule has 21 heavy (non-hydrogen) atoms. The lowest BCUT2D eigenvalue weighted by atomic mass is 10.3. The highest BCUT2D eigenvalue weighted by molar-refractivity contribution is 7.07. The van der Waals surface area contributed by atoms with Gasteiger partial charge < -0.3 is 9.47 Å². The molecule has 1 aromatic heterocycles. The molecule has 0 saturated carbocycles. The number of esters is 1. The van der Waals surface area contributed by atoms with Gasteiger partial charge in [-0.15, -0.1) is 11.3 Å². The van der Waals surface area contributed by atoms with Gasteiger partial charge in [0.15, 0.2) is 5.57 Å². The predicted octanol–water partition coefficient (Wildman–Crippen LogP) is 0.330. The van der Waals surface area contributed by atoms with Gasteiger partial charge >= 0.3 is 5.97 Å². The molecule has 0 amide bonds. The third kappa shape index (κ3) is 3.95. The fraction of sp³-hybridized carbons (Fsp3) is 0.500. The molecule has 0 bridgehead atoms. The summed E-state index contributed by atoms with van der Waals surface area (Å²) in [6.45, 7) is 7.75. The zero-order valence-corrected chi connectivity index (χ0v) is 13.3. The maximum Gasteiger partial charge on any atom is 0.352 e. The highest BCUT2D eigenvalue weighted by Gasteiger charge is 2.17. The Hall–Kier alpha value is -2.07. The average Bonchev–Trinajstić information content (AvgIpc) is 2.72. The molecule has 0 aliphatic heterocycles. The largest absolute Gasteiger partial charge is 0.500 e. The van der Waals surface area contributed by atoms with Crippen molar-refractivity contribution in [2.45, 2.75) is 40.3 Å². The Morgan fingerprint density at radius 3 is 2.62 bits per heavy atom. The van der Waals surface area contributed by atoms with E-state index in [0.717, 1.165) is 11.3 Å². The van der Waals surface area contributed by atoms with Gasteiger partial charge in [0, 0.05) is 6.54 Å². The number of hydrogen-bond acceptors (Lipinski definition) is 6. The van der Waals surface area contributed by atoms with E-state index < -0.39 is 5.97 Å². The number of rotatable bonds is 5. The fourth-order valence-corrected chi connectivity index (χ4v) is 2.66. The molecule has 0 saturated heterocycles. The van der Waals surface area contributed by atoms with Crippen molar-refractivity contribution in [2.24, 2.45) is 0 Å². The molecule has 0 radical (unpaired) electrons. The molecule has 0 aliphatic rings. The first-order valence-corrected chi connectivity index (χ1v) is 7.44. The predicted molar refractivity (Wildman–Crippen MR) is 79.8 cm³/mol. The van der Waals surface area contributed by atoms with E-state index in [0.29, 0.717) is 22.3 Å². The van der Waals surface area contributed by atoms with Crippen molar-refractivity contribution in [3.8, 4) is 6.07 Å². The van der Waals surface area contributed by atoms with Gasteiger partial charge in [0.1, 0.15) is 21.5 Å². The van der Waals surface area contributed by atoms with Crippen LogP contribution in [0.15, 0.2) is 4.79 Å². The third-order valence-corrected chi connectivity index (χ3v) is 3.56. The quantitative estimate of drug-likeness (QED) is 0.732. The van der Waals surface area contributed by atoms with Crippen LogP contribution in [0.5, 0.6) is 0 Å². The topological polar surface area (TPSA) is 81.3 Å². The second-order valence-electron chi connectivity index (χ2n) is 4.33. The van der Waals surface area contributed by atoms with Crippen LogP contribution in [0.3, 0.4) is 0 Å². The van der Waals surface area contributed by atoms with Gasteiger partial charge in [-0.1, -0.05) is 0 Å². The molecule has 0 aliphatic carbocycles. The van der Waals surface area contributed by atoms with Crippen molar-refractivity contribution in [3.63, 3.8) is 0 Å². The SMILES string of the molecule is CCOC=c1sc(=C(C#N)C(=O)OC(C)C)n(CC)c1=O. The lowest BCUT2D eigenvalue weighted by molar-refractivity contribution is -0.140. The van der Waals surface area contributed by atoms with E-state index in [-0.39, 0.29) is 17.2 Å². The van der Waals surface area contributed by atoms with E-state index in [2.05, 4.69) is 0 Å². The second kappa shape index (κ2) is 7.64. The zero-order valence-electron chi connectivity index (χ0n) is 12.5. The minimum atomic E-state index is -0.723. The Morgan fingerprint density at radius 1 is 1.48 bits per heavy atom. The van der Waals surface area contributed by atoms with E-state index >= 15 is 0 Å². The summed E-state index contributed by atoms with van der Waals surface area (Å²) in [4.78, 5) is 24.1. The van der Waals surface area contributed by atoms with Crippen molar-refractivity contribution in [1.82, 2.24) is 4.57 Å². The fourth-order valence-electron chi connectivity index (χ4n) is 1.59. The maximum atomic E-state index is 12.2. The number of nitriles is 1. The summed E-state index contributed by atoms with van der Waals surface area (Å²) in [6.07, 6.45) is 1.02. The molecule has 0 spiro atoms. The van der Waals surface area contributed by atoms with Gasteiger partial charge in [0.2, 0.25) is 0 Å².